The van der Waals surface area contributed by atoms with Crippen LogP contribution < -0.4 is 10.6 Å². The van der Waals surface area contributed by atoms with Crippen molar-refractivity contribution in [3.63, 3.8) is 0 Å². The predicted molar refractivity (Wildman–Crippen MR) is 77.8 cm³/mol. The fourth-order valence-electron chi connectivity index (χ4n) is 1.71. The Balaban J connectivity index is 2.38. The van der Waals surface area contributed by atoms with Crippen molar-refractivity contribution in [1.82, 2.24) is 0 Å². The summed E-state index contributed by atoms with van der Waals surface area (Å²) in [6.45, 7) is 0. The van der Waals surface area contributed by atoms with Gasteiger partial charge in [0.15, 0.2) is 0 Å². The first-order valence-electron chi connectivity index (χ1n) is 5.41. The highest BCUT2D eigenvalue weighted by molar-refractivity contribution is 9.10. The molecule has 3 nitrogen and oxygen atoms in total. The van der Waals surface area contributed by atoms with E-state index in [1.165, 1.54) is 0 Å². The van der Waals surface area contributed by atoms with Gasteiger partial charge in [0.05, 0.1) is 23.0 Å². The van der Waals surface area contributed by atoms with Crippen LogP contribution in [-0.4, -0.2) is 7.05 Å². The van der Waals surface area contributed by atoms with Crippen molar-refractivity contribution in [3.8, 4) is 6.07 Å². The third-order valence-corrected chi connectivity index (χ3v) is 3.23. The molecule has 0 aliphatic rings. The zero-order valence-electron chi connectivity index (χ0n) is 9.89. The molecule has 0 aromatic heterocycles. The number of hydrogen-bond acceptors (Lipinski definition) is 3. The molecule has 0 heterocycles. The number of anilines is 3. The highest BCUT2D eigenvalue weighted by Crippen LogP contribution is 2.31. The van der Waals surface area contributed by atoms with Crippen molar-refractivity contribution in [3.05, 3.63) is 52.5 Å². The van der Waals surface area contributed by atoms with Crippen molar-refractivity contribution in [1.29, 1.82) is 5.26 Å². The minimum absolute atomic E-state index is 0.648. The lowest BCUT2D eigenvalue weighted by Crippen LogP contribution is -2.11. The topological polar surface area (TPSA) is 53.0 Å². The lowest BCUT2D eigenvalue weighted by Gasteiger charge is -2.21. The average molecular weight is 302 g/mol. The van der Waals surface area contributed by atoms with Crippen LogP contribution in [0, 0.1) is 11.3 Å². The van der Waals surface area contributed by atoms with Gasteiger partial charge >= 0.3 is 0 Å². The summed E-state index contributed by atoms with van der Waals surface area (Å²) in [6, 6.07) is 15.2. The molecule has 4 heteroatoms. The highest BCUT2D eigenvalue weighted by Gasteiger charge is 2.08. The van der Waals surface area contributed by atoms with Gasteiger partial charge in [-0.15, -0.1) is 0 Å². The lowest BCUT2D eigenvalue weighted by atomic mass is 10.2. The second-order valence-corrected chi connectivity index (χ2v) is 4.84. The summed E-state index contributed by atoms with van der Waals surface area (Å²) in [4.78, 5) is 1.99. The zero-order chi connectivity index (χ0) is 13.1. The van der Waals surface area contributed by atoms with Crippen molar-refractivity contribution in [2.75, 3.05) is 17.7 Å². The van der Waals surface area contributed by atoms with Crippen molar-refractivity contribution in [2.45, 2.75) is 0 Å². The van der Waals surface area contributed by atoms with Crippen molar-refractivity contribution in [2.24, 2.45) is 0 Å². The van der Waals surface area contributed by atoms with Gasteiger partial charge < -0.3 is 10.6 Å². The normalized spacial score (nSPS) is 9.83. The quantitative estimate of drug-likeness (QED) is 0.861. The number of nitrogens with zero attached hydrogens (tertiary/aromatic N) is 2. The molecule has 2 aromatic carbocycles. The van der Waals surface area contributed by atoms with Crippen LogP contribution in [0.3, 0.4) is 0 Å². The first-order valence-corrected chi connectivity index (χ1v) is 6.20. The predicted octanol–water partition coefficient (Wildman–Crippen LogP) is 3.67. The van der Waals surface area contributed by atoms with Gasteiger partial charge in [-0.2, -0.15) is 5.26 Å². The van der Waals surface area contributed by atoms with E-state index in [1.807, 2.05) is 42.3 Å². The van der Waals surface area contributed by atoms with E-state index in [2.05, 4.69) is 22.0 Å². The number of nitriles is 1. The lowest BCUT2D eigenvalue weighted by molar-refractivity contribution is 1.21. The van der Waals surface area contributed by atoms with Crippen LogP contribution >= 0.6 is 15.9 Å². The molecule has 90 valence electrons. The van der Waals surface area contributed by atoms with Crippen LogP contribution in [0.25, 0.3) is 0 Å². The monoisotopic (exact) mass is 301 g/mol. The summed E-state index contributed by atoms with van der Waals surface area (Å²) in [7, 11) is 1.94. The molecule has 0 saturated heterocycles. The fraction of sp³-hybridized carbons (Fsp3) is 0.0714. The van der Waals surface area contributed by atoms with Crippen LogP contribution in [0.1, 0.15) is 5.56 Å². The minimum atomic E-state index is 0.648. The first-order chi connectivity index (χ1) is 8.61. The zero-order valence-corrected chi connectivity index (χ0v) is 11.5. The van der Waals surface area contributed by atoms with Gasteiger partial charge in [0, 0.05) is 17.2 Å². The Bertz CT molecular complexity index is 599. The van der Waals surface area contributed by atoms with Gasteiger partial charge in [-0.05, 0) is 42.5 Å². The molecular formula is C14H12BrN3. The van der Waals surface area contributed by atoms with E-state index in [0.717, 1.165) is 15.8 Å². The molecule has 0 aliphatic heterocycles. The van der Waals surface area contributed by atoms with Gasteiger partial charge in [0.25, 0.3) is 0 Å². The molecular weight excluding hydrogens is 290 g/mol. The number of hydrogen-bond donors (Lipinski definition) is 1. The Morgan fingerprint density at radius 1 is 1.17 bits per heavy atom. The van der Waals surface area contributed by atoms with E-state index in [9.17, 15) is 0 Å². The second kappa shape index (κ2) is 5.11. The smallest absolute Gasteiger partial charge is 0.0991 e. The van der Waals surface area contributed by atoms with Crippen molar-refractivity contribution < 1.29 is 0 Å². The summed E-state index contributed by atoms with van der Waals surface area (Å²) in [5.74, 6) is 0. The van der Waals surface area contributed by atoms with Crippen LogP contribution in [0.4, 0.5) is 17.1 Å². The third-order valence-electron chi connectivity index (χ3n) is 2.74. The molecule has 2 rings (SSSR count). The van der Waals surface area contributed by atoms with E-state index in [4.69, 9.17) is 11.0 Å². The molecule has 2 aromatic rings. The van der Waals surface area contributed by atoms with E-state index in [-0.39, 0.29) is 0 Å². The van der Waals surface area contributed by atoms with Gasteiger partial charge in [-0.1, -0.05) is 15.9 Å². The van der Waals surface area contributed by atoms with E-state index >= 15 is 0 Å². The largest absolute Gasteiger partial charge is 0.397 e. The molecule has 0 unspecified atom stereocenters. The van der Waals surface area contributed by atoms with Crippen LogP contribution in [0.15, 0.2) is 46.9 Å². The summed E-state index contributed by atoms with van der Waals surface area (Å²) in [5.41, 5.74) is 9.24. The maximum absolute atomic E-state index is 8.77. The summed E-state index contributed by atoms with van der Waals surface area (Å²) >= 11 is 3.43. The molecule has 18 heavy (non-hydrogen) atoms. The number of nitrogen functional groups attached to an aromatic ring is 1. The Hall–Kier alpha value is -1.99. The molecule has 0 aliphatic carbocycles. The highest BCUT2D eigenvalue weighted by atomic mass is 79.9. The van der Waals surface area contributed by atoms with E-state index in [1.54, 1.807) is 12.1 Å². The molecule has 0 amide bonds. The molecule has 0 bridgehead atoms. The van der Waals surface area contributed by atoms with E-state index < -0.39 is 0 Å². The first kappa shape index (κ1) is 12.5. The van der Waals surface area contributed by atoms with Crippen LogP contribution in [-0.2, 0) is 0 Å². The van der Waals surface area contributed by atoms with Crippen molar-refractivity contribution >= 4 is 33.0 Å². The maximum atomic E-state index is 8.77. The molecule has 0 saturated carbocycles. The Morgan fingerprint density at radius 3 is 2.44 bits per heavy atom. The Morgan fingerprint density at radius 2 is 1.83 bits per heavy atom. The number of rotatable bonds is 2. The molecule has 0 fully saturated rings. The number of benzene rings is 2. The fourth-order valence-corrected chi connectivity index (χ4v) is 2.05. The van der Waals surface area contributed by atoms with Gasteiger partial charge in [0.1, 0.15) is 0 Å². The number of halogens is 1. The second-order valence-electron chi connectivity index (χ2n) is 3.92. The minimum Gasteiger partial charge on any atom is -0.397 e. The van der Waals surface area contributed by atoms with Gasteiger partial charge in [-0.25, -0.2) is 0 Å². The van der Waals surface area contributed by atoms with Crippen LogP contribution in [0.2, 0.25) is 0 Å². The standard InChI is InChI=1S/C14H12BrN3/c1-18(12-5-2-10(9-16)3-6-12)14-8-11(15)4-7-13(14)17/h2-8H,17H2,1H3. The average Bonchev–Trinajstić information content (AvgIpc) is 2.41. The van der Waals surface area contributed by atoms with E-state index in [0.29, 0.717) is 11.3 Å². The third kappa shape index (κ3) is 2.47. The Kier molecular flexibility index (Phi) is 3.54. The molecule has 0 atom stereocenters. The maximum Gasteiger partial charge on any atom is 0.0991 e. The molecule has 2 N–H and O–H groups in total. The Labute approximate surface area is 115 Å². The SMILES string of the molecule is CN(c1ccc(C#N)cc1)c1cc(Br)ccc1N. The van der Waals surface area contributed by atoms with Crippen LogP contribution in [0.5, 0.6) is 0 Å². The summed E-state index contributed by atoms with van der Waals surface area (Å²) in [6.07, 6.45) is 0. The van der Waals surface area contributed by atoms with Gasteiger partial charge in [0.2, 0.25) is 0 Å². The molecule has 0 spiro atoms. The molecule has 0 radical (unpaired) electrons. The summed E-state index contributed by atoms with van der Waals surface area (Å²) < 4.78 is 0.979. The number of nitrogens with two attached hydrogens (primary N) is 1. The van der Waals surface area contributed by atoms with Gasteiger partial charge in [-0.3, -0.25) is 0 Å². The summed E-state index contributed by atoms with van der Waals surface area (Å²) in [5, 5.41) is 8.77.